The van der Waals surface area contributed by atoms with E-state index in [-0.39, 0.29) is 6.61 Å². The number of thiazole rings is 1. The number of rotatable bonds is 8. The van der Waals surface area contributed by atoms with Gasteiger partial charge in [0.25, 0.3) is 0 Å². The van der Waals surface area contributed by atoms with Crippen LogP contribution >= 0.6 is 11.3 Å². The number of carboxylic acids is 1. The van der Waals surface area contributed by atoms with Crippen molar-refractivity contribution in [2.24, 2.45) is 0 Å². The second-order valence-corrected chi connectivity index (χ2v) is 9.90. The van der Waals surface area contributed by atoms with E-state index in [0.29, 0.717) is 27.8 Å². The van der Waals surface area contributed by atoms with Crippen LogP contribution < -0.4 is 9.47 Å². The molecule has 198 valence electrons. The first-order valence-electron chi connectivity index (χ1n) is 11.9. The molecule has 1 N–H and O–H groups in total. The summed E-state index contributed by atoms with van der Waals surface area (Å²) in [5.74, 6) is -0.0690. The molecular weight excluding hydrogens is 527 g/mol. The molecule has 0 saturated carbocycles. The molecule has 39 heavy (non-hydrogen) atoms. The molecule has 1 aromatic heterocycles. The summed E-state index contributed by atoms with van der Waals surface area (Å²) in [4.78, 5) is 16.3. The number of benzene rings is 4. The minimum absolute atomic E-state index is 0.140. The number of fused-ring (bicyclic) bond motifs is 1. The zero-order chi connectivity index (χ0) is 27.6. The summed E-state index contributed by atoms with van der Waals surface area (Å²) in [7, 11) is 0. The molecule has 9 heteroatoms. The first-order chi connectivity index (χ1) is 18.7. The molecule has 5 nitrogen and oxygen atoms in total. The maximum Gasteiger partial charge on any atom is 0.416 e. The van der Waals surface area contributed by atoms with Crippen molar-refractivity contribution in [2.75, 3.05) is 6.61 Å². The third kappa shape index (κ3) is 6.04. The first-order valence-corrected chi connectivity index (χ1v) is 12.7. The summed E-state index contributed by atoms with van der Waals surface area (Å²) in [6.07, 6.45) is -4.42. The van der Waals surface area contributed by atoms with Crippen LogP contribution in [0.2, 0.25) is 0 Å². The molecule has 0 unspecified atom stereocenters. The van der Waals surface area contributed by atoms with E-state index in [1.807, 2.05) is 42.5 Å². The van der Waals surface area contributed by atoms with Gasteiger partial charge in [-0.15, -0.1) is 11.3 Å². The smallest absolute Gasteiger partial charge is 0.416 e. The number of carbonyl (C=O) groups is 1. The van der Waals surface area contributed by atoms with Gasteiger partial charge in [0.1, 0.15) is 23.1 Å². The Kier molecular flexibility index (Phi) is 7.26. The number of aliphatic carboxylic acids is 1. The SMILES string of the molecule is Cc1cc(OCc2nc(-c3ccc4ccccc4c3)c(-c3ccc(C(F)(F)F)cc3)s2)ccc1OCC(=O)O. The molecule has 0 spiro atoms. The topological polar surface area (TPSA) is 68.7 Å². The fourth-order valence-corrected chi connectivity index (χ4v) is 5.13. The Balaban J connectivity index is 1.46. The molecule has 5 rings (SSSR count). The lowest BCUT2D eigenvalue weighted by Crippen LogP contribution is -2.10. The van der Waals surface area contributed by atoms with Crippen molar-refractivity contribution in [3.63, 3.8) is 0 Å². The van der Waals surface area contributed by atoms with E-state index in [1.165, 1.54) is 23.5 Å². The first kappa shape index (κ1) is 26.2. The lowest BCUT2D eigenvalue weighted by molar-refractivity contribution is -0.139. The van der Waals surface area contributed by atoms with Crippen molar-refractivity contribution in [3.05, 3.63) is 101 Å². The number of hydrogen-bond donors (Lipinski definition) is 1. The summed E-state index contributed by atoms with van der Waals surface area (Å²) >= 11 is 1.36. The Morgan fingerprint density at radius 1 is 0.897 bits per heavy atom. The molecule has 0 aliphatic carbocycles. The van der Waals surface area contributed by atoms with Crippen molar-refractivity contribution >= 4 is 28.1 Å². The number of hydrogen-bond acceptors (Lipinski definition) is 5. The normalized spacial score (nSPS) is 11.5. The predicted octanol–water partition coefficient (Wildman–Crippen LogP) is 8.00. The third-order valence-electron chi connectivity index (χ3n) is 6.03. The summed E-state index contributed by atoms with van der Waals surface area (Å²) in [6, 6.07) is 24.0. The van der Waals surface area contributed by atoms with Gasteiger partial charge in [0.2, 0.25) is 0 Å². The van der Waals surface area contributed by atoms with E-state index in [1.54, 1.807) is 25.1 Å². The van der Waals surface area contributed by atoms with E-state index in [4.69, 9.17) is 19.6 Å². The highest BCUT2D eigenvalue weighted by Gasteiger charge is 2.30. The average Bonchev–Trinajstić information content (AvgIpc) is 3.35. The quantitative estimate of drug-likeness (QED) is 0.212. The second-order valence-electron chi connectivity index (χ2n) is 8.82. The molecule has 0 aliphatic heterocycles. The number of ether oxygens (including phenoxy) is 2. The van der Waals surface area contributed by atoms with Crippen LogP contribution in [0.4, 0.5) is 13.2 Å². The van der Waals surface area contributed by atoms with Gasteiger partial charge in [0.15, 0.2) is 6.61 Å². The van der Waals surface area contributed by atoms with E-state index in [2.05, 4.69) is 0 Å². The minimum Gasteiger partial charge on any atom is -0.486 e. The molecule has 4 aromatic carbocycles. The highest BCUT2D eigenvalue weighted by molar-refractivity contribution is 7.15. The van der Waals surface area contributed by atoms with Gasteiger partial charge in [-0.2, -0.15) is 13.2 Å². The Hall–Kier alpha value is -4.37. The second kappa shape index (κ2) is 10.8. The van der Waals surface area contributed by atoms with Crippen LogP contribution in [0.1, 0.15) is 16.1 Å². The highest BCUT2D eigenvalue weighted by Crippen LogP contribution is 2.39. The monoisotopic (exact) mass is 549 g/mol. The summed E-state index contributed by atoms with van der Waals surface area (Å²) in [6.45, 7) is 1.49. The number of nitrogens with zero attached hydrogens (tertiary/aromatic N) is 1. The van der Waals surface area contributed by atoms with Gasteiger partial charge >= 0.3 is 12.1 Å². The van der Waals surface area contributed by atoms with Gasteiger partial charge in [-0.1, -0.05) is 48.5 Å². The van der Waals surface area contributed by atoms with Crippen LogP contribution in [0, 0.1) is 6.92 Å². The molecule has 1 heterocycles. The Morgan fingerprint density at radius 3 is 2.31 bits per heavy atom. The van der Waals surface area contributed by atoms with Crippen molar-refractivity contribution in [1.29, 1.82) is 0 Å². The molecule has 0 saturated heterocycles. The van der Waals surface area contributed by atoms with Crippen LogP contribution in [-0.4, -0.2) is 22.7 Å². The number of carboxylic acid groups (broad SMARTS) is 1. The predicted molar refractivity (Wildman–Crippen MR) is 144 cm³/mol. The highest BCUT2D eigenvalue weighted by atomic mass is 32.1. The van der Waals surface area contributed by atoms with Crippen molar-refractivity contribution in [2.45, 2.75) is 19.7 Å². The molecule has 0 radical (unpaired) electrons. The van der Waals surface area contributed by atoms with Gasteiger partial charge in [-0.3, -0.25) is 0 Å². The fraction of sp³-hybridized carbons (Fsp3) is 0.133. The van der Waals surface area contributed by atoms with Crippen molar-refractivity contribution < 1.29 is 32.5 Å². The number of aromatic nitrogens is 1. The Bertz CT molecular complexity index is 1640. The average molecular weight is 550 g/mol. The van der Waals surface area contributed by atoms with E-state index in [0.717, 1.165) is 38.9 Å². The van der Waals surface area contributed by atoms with E-state index in [9.17, 15) is 18.0 Å². The summed E-state index contributed by atoms with van der Waals surface area (Å²) in [5.41, 5.74) is 2.15. The third-order valence-corrected chi connectivity index (χ3v) is 7.11. The number of aryl methyl sites for hydroxylation is 1. The largest absolute Gasteiger partial charge is 0.486 e. The van der Waals surface area contributed by atoms with Crippen LogP contribution in [-0.2, 0) is 17.6 Å². The van der Waals surface area contributed by atoms with E-state index < -0.39 is 24.3 Å². The Labute approximate surface area is 226 Å². The van der Waals surface area contributed by atoms with Crippen LogP contribution in [0.5, 0.6) is 11.5 Å². The molecule has 0 bridgehead atoms. The lowest BCUT2D eigenvalue weighted by Gasteiger charge is -2.09. The van der Waals surface area contributed by atoms with Gasteiger partial charge in [0, 0.05) is 5.56 Å². The molecule has 5 aromatic rings. The van der Waals surface area contributed by atoms with Gasteiger partial charge < -0.3 is 14.6 Å². The van der Waals surface area contributed by atoms with Gasteiger partial charge in [-0.25, -0.2) is 9.78 Å². The fourth-order valence-electron chi connectivity index (χ4n) is 4.12. The summed E-state index contributed by atoms with van der Waals surface area (Å²) < 4.78 is 50.7. The van der Waals surface area contributed by atoms with Crippen molar-refractivity contribution in [3.8, 4) is 33.2 Å². The number of halogens is 3. The molecule has 0 aliphatic rings. The molecular formula is C30H22F3NO4S. The van der Waals surface area contributed by atoms with Gasteiger partial charge in [0.05, 0.1) is 16.1 Å². The maximum absolute atomic E-state index is 13.2. The van der Waals surface area contributed by atoms with Crippen LogP contribution in [0.15, 0.2) is 84.9 Å². The molecule has 0 amide bonds. The maximum atomic E-state index is 13.2. The zero-order valence-corrected chi connectivity index (χ0v) is 21.5. The zero-order valence-electron chi connectivity index (χ0n) is 20.7. The van der Waals surface area contributed by atoms with Gasteiger partial charge in [-0.05, 0) is 65.2 Å². The van der Waals surface area contributed by atoms with E-state index >= 15 is 0 Å². The standard InChI is InChI=1S/C30H22F3NO4S/c1-18-14-24(12-13-25(18)38-17-27(35)36)37-16-26-34-28(22-7-6-19-4-2-3-5-21(19)15-22)29(39-26)20-8-10-23(11-9-20)30(31,32)33/h2-15H,16-17H2,1H3,(H,35,36). The summed E-state index contributed by atoms with van der Waals surface area (Å²) in [5, 5.41) is 11.6. The lowest BCUT2D eigenvalue weighted by atomic mass is 10.0. The van der Waals surface area contributed by atoms with Crippen LogP contribution in [0.25, 0.3) is 32.5 Å². The van der Waals surface area contributed by atoms with Crippen molar-refractivity contribution in [1.82, 2.24) is 4.98 Å². The molecule has 0 fully saturated rings. The molecule has 0 atom stereocenters. The minimum atomic E-state index is -4.42. The number of alkyl halides is 3. The van der Waals surface area contributed by atoms with Crippen LogP contribution in [0.3, 0.4) is 0 Å². The Morgan fingerprint density at radius 2 is 1.62 bits per heavy atom.